The Morgan fingerprint density at radius 1 is 1.19 bits per heavy atom. The predicted octanol–water partition coefficient (Wildman–Crippen LogP) is 2.73. The molecule has 0 saturated heterocycles. The van der Waals surface area contributed by atoms with E-state index >= 15 is 0 Å². The van der Waals surface area contributed by atoms with Crippen molar-refractivity contribution >= 4 is 5.69 Å². The van der Waals surface area contributed by atoms with Crippen LogP contribution in [0, 0.1) is 0 Å². The third-order valence-corrected chi connectivity index (χ3v) is 2.33. The number of hydrogen-bond acceptors (Lipinski definition) is 3. The molecule has 0 radical (unpaired) electrons. The molecule has 0 unspecified atom stereocenters. The lowest BCUT2D eigenvalue weighted by atomic mass is 10.1. The summed E-state index contributed by atoms with van der Waals surface area (Å²) in [5, 5.41) is 0. The number of nitrogen functional groups attached to an aromatic ring is 1. The molecule has 0 bridgehead atoms. The lowest BCUT2D eigenvalue weighted by Crippen LogP contribution is -1.92. The van der Waals surface area contributed by atoms with Gasteiger partial charge in [0.05, 0.1) is 6.61 Å². The van der Waals surface area contributed by atoms with Gasteiger partial charge in [0.2, 0.25) is 0 Å². The zero-order valence-corrected chi connectivity index (χ0v) is 9.18. The summed E-state index contributed by atoms with van der Waals surface area (Å²) in [5.41, 5.74) is 8.61. The largest absolute Gasteiger partial charge is 0.494 e. The quantitative estimate of drug-likeness (QED) is 0.854. The van der Waals surface area contributed by atoms with Crippen LogP contribution in [0.25, 0.3) is 11.1 Å². The van der Waals surface area contributed by atoms with Crippen LogP contribution in [-0.2, 0) is 0 Å². The van der Waals surface area contributed by atoms with Crippen molar-refractivity contribution in [3.63, 3.8) is 0 Å². The van der Waals surface area contributed by atoms with Crippen LogP contribution in [-0.4, -0.2) is 11.6 Å². The van der Waals surface area contributed by atoms with E-state index in [4.69, 9.17) is 10.5 Å². The van der Waals surface area contributed by atoms with Gasteiger partial charge in [-0.05, 0) is 30.7 Å². The van der Waals surface area contributed by atoms with E-state index in [1.165, 1.54) is 0 Å². The summed E-state index contributed by atoms with van der Waals surface area (Å²) < 4.78 is 5.38. The third kappa shape index (κ3) is 2.14. The Kier molecular flexibility index (Phi) is 3.05. The maximum atomic E-state index is 5.88. The van der Waals surface area contributed by atoms with Crippen LogP contribution < -0.4 is 10.5 Å². The lowest BCUT2D eigenvalue weighted by molar-refractivity contribution is 0.340. The molecule has 1 aromatic carbocycles. The van der Waals surface area contributed by atoms with Crippen molar-refractivity contribution in [3.05, 3.63) is 42.7 Å². The molecule has 0 aliphatic heterocycles. The van der Waals surface area contributed by atoms with Gasteiger partial charge in [0, 0.05) is 23.6 Å². The number of benzene rings is 1. The molecule has 1 heterocycles. The Labute approximate surface area is 94.9 Å². The van der Waals surface area contributed by atoms with Gasteiger partial charge in [-0.3, -0.25) is 4.98 Å². The lowest BCUT2D eigenvalue weighted by Gasteiger charge is -2.06. The summed E-state index contributed by atoms with van der Waals surface area (Å²) in [7, 11) is 0. The molecule has 0 fully saturated rings. The minimum atomic E-state index is 0.675. The molecule has 0 saturated carbocycles. The number of hydrogen-bond donors (Lipinski definition) is 1. The normalized spacial score (nSPS) is 10.1. The number of nitrogens with two attached hydrogens (primary N) is 1. The van der Waals surface area contributed by atoms with Gasteiger partial charge in [-0.15, -0.1) is 0 Å². The van der Waals surface area contributed by atoms with Gasteiger partial charge < -0.3 is 10.5 Å². The summed E-state index contributed by atoms with van der Waals surface area (Å²) in [6.07, 6.45) is 3.46. The maximum Gasteiger partial charge on any atom is 0.119 e. The molecule has 16 heavy (non-hydrogen) atoms. The molecular formula is C13H14N2O. The van der Waals surface area contributed by atoms with E-state index in [9.17, 15) is 0 Å². The van der Waals surface area contributed by atoms with Crippen molar-refractivity contribution in [2.75, 3.05) is 12.3 Å². The highest BCUT2D eigenvalue weighted by Gasteiger charge is 2.02. The van der Waals surface area contributed by atoms with E-state index in [0.717, 1.165) is 22.6 Å². The van der Waals surface area contributed by atoms with Crippen LogP contribution in [0.5, 0.6) is 5.75 Å². The Balaban J connectivity index is 2.31. The van der Waals surface area contributed by atoms with Crippen molar-refractivity contribution in [2.45, 2.75) is 6.92 Å². The van der Waals surface area contributed by atoms with E-state index in [0.29, 0.717) is 6.61 Å². The second kappa shape index (κ2) is 4.66. The van der Waals surface area contributed by atoms with Crippen molar-refractivity contribution in [3.8, 4) is 16.9 Å². The number of anilines is 1. The topological polar surface area (TPSA) is 48.1 Å². The fourth-order valence-electron chi connectivity index (χ4n) is 1.54. The van der Waals surface area contributed by atoms with E-state index < -0.39 is 0 Å². The molecule has 2 N–H and O–H groups in total. The van der Waals surface area contributed by atoms with Gasteiger partial charge >= 0.3 is 0 Å². The molecule has 2 aromatic rings. The van der Waals surface area contributed by atoms with E-state index in [1.807, 2.05) is 31.2 Å². The van der Waals surface area contributed by atoms with Crippen molar-refractivity contribution in [1.82, 2.24) is 4.98 Å². The summed E-state index contributed by atoms with van der Waals surface area (Å²) >= 11 is 0. The van der Waals surface area contributed by atoms with Crippen LogP contribution >= 0.6 is 0 Å². The first-order chi connectivity index (χ1) is 7.81. The smallest absolute Gasteiger partial charge is 0.119 e. The molecule has 0 atom stereocenters. The molecule has 0 amide bonds. The Bertz CT molecular complexity index is 466. The van der Waals surface area contributed by atoms with Gasteiger partial charge in [-0.1, -0.05) is 12.1 Å². The van der Waals surface area contributed by atoms with Crippen LogP contribution in [0.3, 0.4) is 0 Å². The van der Waals surface area contributed by atoms with Crippen molar-refractivity contribution in [2.24, 2.45) is 0 Å². The summed E-state index contributed by atoms with van der Waals surface area (Å²) in [6.45, 7) is 2.64. The highest BCUT2D eigenvalue weighted by Crippen LogP contribution is 2.26. The average Bonchev–Trinajstić information content (AvgIpc) is 2.31. The molecule has 3 heteroatoms. The van der Waals surface area contributed by atoms with Gasteiger partial charge in [0.15, 0.2) is 0 Å². The predicted molar refractivity (Wildman–Crippen MR) is 65.3 cm³/mol. The summed E-state index contributed by atoms with van der Waals surface area (Å²) in [6, 6.07) is 9.64. The van der Waals surface area contributed by atoms with Crippen molar-refractivity contribution < 1.29 is 4.74 Å². The minimum Gasteiger partial charge on any atom is -0.494 e. The molecule has 1 aromatic heterocycles. The van der Waals surface area contributed by atoms with Gasteiger partial charge in [-0.25, -0.2) is 0 Å². The number of nitrogens with zero attached hydrogens (tertiary/aromatic N) is 1. The first kappa shape index (κ1) is 10.5. The first-order valence-electron chi connectivity index (χ1n) is 5.24. The molecular weight excluding hydrogens is 200 g/mol. The van der Waals surface area contributed by atoms with E-state index in [-0.39, 0.29) is 0 Å². The van der Waals surface area contributed by atoms with Crippen LogP contribution in [0.1, 0.15) is 6.92 Å². The monoisotopic (exact) mass is 214 g/mol. The van der Waals surface area contributed by atoms with Crippen LogP contribution in [0.15, 0.2) is 42.7 Å². The SMILES string of the molecule is CCOc1ccc(-c2cnccc2N)cc1. The molecule has 3 nitrogen and oxygen atoms in total. The zero-order valence-electron chi connectivity index (χ0n) is 9.18. The summed E-state index contributed by atoms with van der Waals surface area (Å²) in [4.78, 5) is 4.07. The number of aromatic nitrogens is 1. The number of pyridine rings is 1. The fraction of sp³-hybridized carbons (Fsp3) is 0.154. The van der Waals surface area contributed by atoms with Crippen LogP contribution in [0.2, 0.25) is 0 Å². The maximum absolute atomic E-state index is 5.88. The van der Waals surface area contributed by atoms with E-state index in [2.05, 4.69) is 4.98 Å². The van der Waals surface area contributed by atoms with E-state index in [1.54, 1.807) is 18.5 Å². The van der Waals surface area contributed by atoms with Crippen LogP contribution in [0.4, 0.5) is 5.69 Å². The molecule has 0 aliphatic rings. The Hall–Kier alpha value is -2.03. The van der Waals surface area contributed by atoms with Crippen molar-refractivity contribution in [1.29, 1.82) is 0 Å². The van der Waals surface area contributed by atoms with Gasteiger partial charge in [-0.2, -0.15) is 0 Å². The Morgan fingerprint density at radius 3 is 2.56 bits per heavy atom. The highest BCUT2D eigenvalue weighted by atomic mass is 16.5. The molecule has 0 spiro atoms. The fourth-order valence-corrected chi connectivity index (χ4v) is 1.54. The minimum absolute atomic E-state index is 0.675. The summed E-state index contributed by atoms with van der Waals surface area (Å²) in [5.74, 6) is 0.869. The standard InChI is InChI=1S/C13H14N2O/c1-2-16-11-5-3-10(4-6-11)12-9-15-8-7-13(12)14/h3-9H,2H2,1H3,(H2,14,15). The highest BCUT2D eigenvalue weighted by molar-refractivity contribution is 5.75. The second-order valence-corrected chi connectivity index (χ2v) is 3.42. The number of rotatable bonds is 3. The second-order valence-electron chi connectivity index (χ2n) is 3.42. The Morgan fingerprint density at radius 2 is 1.94 bits per heavy atom. The molecule has 2 rings (SSSR count). The first-order valence-corrected chi connectivity index (χ1v) is 5.24. The molecule has 0 aliphatic carbocycles. The molecule has 82 valence electrons. The third-order valence-electron chi connectivity index (χ3n) is 2.33. The average molecular weight is 214 g/mol. The van der Waals surface area contributed by atoms with Gasteiger partial charge in [0.25, 0.3) is 0 Å². The number of ether oxygens (including phenoxy) is 1. The van der Waals surface area contributed by atoms with Gasteiger partial charge in [0.1, 0.15) is 5.75 Å². The zero-order chi connectivity index (χ0) is 11.4.